The molecule has 4 nitrogen and oxygen atoms in total. The molecule has 2 aromatic rings. The van der Waals surface area contributed by atoms with Crippen LogP contribution in [-0.2, 0) is 0 Å². The van der Waals surface area contributed by atoms with E-state index in [1.807, 2.05) is 18.3 Å². The second-order valence-electron chi connectivity index (χ2n) is 5.37. The topological polar surface area (TPSA) is 50.1 Å². The van der Waals surface area contributed by atoms with E-state index < -0.39 is 17.7 Å². The summed E-state index contributed by atoms with van der Waals surface area (Å²) in [4.78, 5) is 0. The van der Waals surface area contributed by atoms with Gasteiger partial charge in [0.2, 0.25) is 0 Å². The number of hydrogen-bond acceptors (Lipinski definition) is 3. The Bertz CT molecular complexity index is 657. The molecule has 0 aliphatic heterocycles. The Kier molecular flexibility index (Phi) is 4.31. The first kappa shape index (κ1) is 14.9. The van der Waals surface area contributed by atoms with Crippen molar-refractivity contribution in [2.75, 3.05) is 6.54 Å². The van der Waals surface area contributed by atoms with Crippen LogP contribution in [0.3, 0.4) is 0 Å². The molecule has 3 atom stereocenters. The summed E-state index contributed by atoms with van der Waals surface area (Å²) in [7, 11) is 0. The van der Waals surface area contributed by atoms with Gasteiger partial charge in [0.1, 0.15) is 0 Å². The Hall–Kier alpha value is -2.05. The number of nitrogens with zero attached hydrogens (tertiary/aromatic N) is 2. The molecule has 1 aliphatic rings. The van der Waals surface area contributed by atoms with Crippen LogP contribution in [0.2, 0.25) is 0 Å². The van der Waals surface area contributed by atoms with Crippen molar-refractivity contribution >= 4 is 6.08 Å². The number of aromatic nitrogens is 2. The van der Waals surface area contributed by atoms with Gasteiger partial charge in [-0.25, -0.2) is 8.78 Å². The maximum atomic E-state index is 13.1. The van der Waals surface area contributed by atoms with Gasteiger partial charge in [-0.1, -0.05) is 18.2 Å². The average molecular weight is 305 g/mol. The molecule has 0 unspecified atom stereocenters. The normalized spacial score (nSPS) is 24.6. The summed E-state index contributed by atoms with van der Waals surface area (Å²) >= 11 is 0. The third-order valence-corrected chi connectivity index (χ3v) is 3.88. The molecule has 3 rings (SSSR count). The lowest BCUT2D eigenvalue weighted by Crippen LogP contribution is -2.54. The Morgan fingerprint density at radius 2 is 2.23 bits per heavy atom. The highest BCUT2D eigenvalue weighted by Crippen LogP contribution is 2.32. The fourth-order valence-electron chi connectivity index (χ4n) is 2.66. The predicted molar refractivity (Wildman–Crippen MR) is 79.1 cm³/mol. The van der Waals surface area contributed by atoms with Crippen molar-refractivity contribution in [1.82, 2.24) is 15.1 Å². The molecule has 0 amide bonds. The van der Waals surface area contributed by atoms with Crippen LogP contribution in [0.15, 0.2) is 42.7 Å². The molecular weight excluding hydrogens is 288 g/mol. The number of nitrogens with one attached hydrogen (secondary N) is 1. The van der Waals surface area contributed by atoms with Crippen molar-refractivity contribution in [1.29, 1.82) is 0 Å². The van der Waals surface area contributed by atoms with Gasteiger partial charge in [-0.3, -0.25) is 4.68 Å². The van der Waals surface area contributed by atoms with Gasteiger partial charge in [0, 0.05) is 25.0 Å². The van der Waals surface area contributed by atoms with Crippen LogP contribution in [0.1, 0.15) is 18.0 Å². The summed E-state index contributed by atoms with van der Waals surface area (Å²) in [5.74, 6) is -1.70. The molecule has 6 heteroatoms. The smallest absolute Gasteiger partial charge is 0.159 e. The van der Waals surface area contributed by atoms with E-state index in [1.54, 1.807) is 17.0 Å². The Balaban J connectivity index is 1.52. The summed E-state index contributed by atoms with van der Waals surface area (Å²) in [6, 6.07) is 5.69. The highest BCUT2D eigenvalue weighted by atomic mass is 19.2. The lowest BCUT2D eigenvalue weighted by atomic mass is 9.83. The summed E-state index contributed by atoms with van der Waals surface area (Å²) in [5.41, 5.74) is 0.609. The molecule has 0 bridgehead atoms. The van der Waals surface area contributed by atoms with Gasteiger partial charge in [0.05, 0.1) is 12.1 Å². The second kappa shape index (κ2) is 6.37. The number of aliphatic hydroxyl groups excluding tert-OH is 1. The number of halogens is 2. The van der Waals surface area contributed by atoms with Gasteiger partial charge in [-0.15, -0.1) is 0 Å². The summed E-state index contributed by atoms with van der Waals surface area (Å²) in [6.07, 6.45) is 7.37. The van der Waals surface area contributed by atoms with Crippen molar-refractivity contribution < 1.29 is 13.9 Å². The molecule has 2 N–H and O–H groups in total. The van der Waals surface area contributed by atoms with E-state index >= 15 is 0 Å². The van der Waals surface area contributed by atoms with Gasteiger partial charge in [-0.2, -0.15) is 5.10 Å². The Morgan fingerprint density at radius 3 is 2.91 bits per heavy atom. The zero-order chi connectivity index (χ0) is 15.5. The minimum absolute atomic E-state index is 0.0633. The third-order valence-electron chi connectivity index (χ3n) is 3.88. The van der Waals surface area contributed by atoms with Crippen LogP contribution in [0.25, 0.3) is 6.08 Å². The molecule has 1 heterocycles. The second-order valence-corrected chi connectivity index (χ2v) is 5.37. The molecule has 1 aliphatic carbocycles. The molecule has 0 radical (unpaired) electrons. The van der Waals surface area contributed by atoms with Crippen LogP contribution in [0, 0.1) is 11.6 Å². The molecule has 1 saturated carbocycles. The number of benzene rings is 1. The van der Waals surface area contributed by atoms with E-state index in [1.165, 1.54) is 6.07 Å². The number of aliphatic hydroxyl groups is 1. The van der Waals surface area contributed by atoms with E-state index in [9.17, 15) is 13.9 Å². The minimum Gasteiger partial charge on any atom is -0.391 e. The predicted octanol–water partition coefficient (Wildman–Crippen LogP) is 2.14. The van der Waals surface area contributed by atoms with E-state index in [4.69, 9.17) is 0 Å². The van der Waals surface area contributed by atoms with E-state index in [-0.39, 0.29) is 12.1 Å². The lowest BCUT2D eigenvalue weighted by Gasteiger charge is -2.42. The Morgan fingerprint density at radius 1 is 1.36 bits per heavy atom. The SMILES string of the molecule is O[C@@H]1C[C@H](NC/C=C/c2ccc(F)c(F)c2)[C@H]1n1cccn1. The molecule has 0 saturated heterocycles. The maximum Gasteiger partial charge on any atom is 0.159 e. The third kappa shape index (κ3) is 3.08. The van der Waals surface area contributed by atoms with Gasteiger partial charge in [0.25, 0.3) is 0 Å². The standard InChI is InChI=1S/C16H17F2N3O/c17-12-5-4-11(9-13(12)18)3-1-6-19-14-10-15(22)16(14)21-8-2-7-20-21/h1-5,7-9,14-16,19,22H,6,10H2/b3-1+/t14-,15+,16+/m0/s1. The lowest BCUT2D eigenvalue weighted by molar-refractivity contribution is -0.00627. The number of rotatable bonds is 5. The van der Waals surface area contributed by atoms with Crippen LogP contribution < -0.4 is 5.32 Å². The van der Waals surface area contributed by atoms with Gasteiger partial charge >= 0.3 is 0 Å². The first-order valence-electron chi connectivity index (χ1n) is 7.17. The quantitative estimate of drug-likeness (QED) is 0.890. The van der Waals surface area contributed by atoms with Crippen molar-refractivity contribution in [3.8, 4) is 0 Å². The zero-order valence-electron chi connectivity index (χ0n) is 11.9. The maximum absolute atomic E-state index is 13.1. The molecule has 0 spiro atoms. The fraction of sp³-hybridized carbons (Fsp3) is 0.312. The van der Waals surface area contributed by atoms with Crippen LogP contribution in [0.4, 0.5) is 8.78 Å². The van der Waals surface area contributed by atoms with Crippen molar-refractivity contribution in [2.24, 2.45) is 0 Å². The van der Waals surface area contributed by atoms with Gasteiger partial charge in [0.15, 0.2) is 11.6 Å². The van der Waals surface area contributed by atoms with Crippen molar-refractivity contribution in [3.05, 3.63) is 59.9 Å². The molecule has 1 fully saturated rings. The monoisotopic (exact) mass is 305 g/mol. The highest BCUT2D eigenvalue weighted by molar-refractivity contribution is 5.49. The molecule has 1 aromatic heterocycles. The summed E-state index contributed by atoms with van der Waals surface area (Å²) in [5, 5.41) is 17.3. The van der Waals surface area contributed by atoms with Crippen LogP contribution >= 0.6 is 0 Å². The summed E-state index contributed by atoms with van der Waals surface area (Å²) in [6.45, 7) is 0.578. The largest absolute Gasteiger partial charge is 0.391 e. The van der Waals surface area contributed by atoms with Gasteiger partial charge in [-0.05, 0) is 30.2 Å². The van der Waals surface area contributed by atoms with E-state index in [0.29, 0.717) is 18.5 Å². The van der Waals surface area contributed by atoms with E-state index in [0.717, 1.165) is 12.1 Å². The van der Waals surface area contributed by atoms with Crippen molar-refractivity contribution in [2.45, 2.75) is 24.6 Å². The first-order valence-corrected chi connectivity index (χ1v) is 7.17. The molecule has 1 aromatic carbocycles. The molecular formula is C16H17F2N3O. The average Bonchev–Trinajstić information content (AvgIpc) is 2.99. The number of hydrogen-bond donors (Lipinski definition) is 2. The fourth-order valence-corrected chi connectivity index (χ4v) is 2.66. The minimum atomic E-state index is -0.851. The van der Waals surface area contributed by atoms with E-state index in [2.05, 4.69) is 10.4 Å². The summed E-state index contributed by atoms with van der Waals surface area (Å²) < 4.78 is 27.6. The molecule has 22 heavy (non-hydrogen) atoms. The first-order chi connectivity index (χ1) is 10.6. The molecule has 116 valence electrons. The Labute approximate surface area is 127 Å². The highest BCUT2D eigenvalue weighted by Gasteiger charge is 2.41. The van der Waals surface area contributed by atoms with Crippen molar-refractivity contribution in [3.63, 3.8) is 0 Å². The van der Waals surface area contributed by atoms with Crippen LogP contribution in [-0.4, -0.2) is 33.6 Å². The van der Waals surface area contributed by atoms with Crippen LogP contribution in [0.5, 0.6) is 0 Å². The van der Waals surface area contributed by atoms with Gasteiger partial charge < -0.3 is 10.4 Å². The zero-order valence-corrected chi connectivity index (χ0v) is 11.9.